The lowest BCUT2D eigenvalue weighted by Gasteiger charge is -2.19. The molecule has 1 aromatic carbocycles. The van der Waals surface area contributed by atoms with Gasteiger partial charge in [0, 0.05) is 30.7 Å². The number of halogens is 1. The van der Waals surface area contributed by atoms with Crippen molar-refractivity contribution in [2.45, 2.75) is 30.2 Å². The van der Waals surface area contributed by atoms with Crippen LogP contribution < -0.4 is 0 Å². The second-order valence-electron chi connectivity index (χ2n) is 5.66. The third kappa shape index (κ3) is 3.53. The summed E-state index contributed by atoms with van der Waals surface area (Å²) < 4.78 is 1.92. The van der Waals surface area contributed by atoms with Crippen molar-refractivity contribution in [2.24, 2.45) is 7.05 Å². The molecule has 3 rings (SSSR count). The van der Waals surface area contributed by atoms with Crippen LogP contribution in [0.3, 0.4) is 0 Å². The molecule has 0 saturated carbocycles. The number of nitrogens with zero attached hydrogens (tertiary/aromatic N) is 4. The summed E-state index contributed by atoms with van der Waals surface area (Å²) in [5, 5.41) is 9.76. The number of carbonyl (C=O) groups excluding carboxylic acids is 1. The van der Waals surface area contributed by atoms with Gasteiger partial charge in [-0.05, 0) is 44.0 Å². The van der Waals surface area contributed by atoms with E-state index in [9.17, 15) is 4.79 Å². The van der Waals surface area contributed by atoms with E-state index in [2.05, 4.69) is 10.2 Å². The highest BCUT2D eigenvalue weighted by atomic mass is 35.5. The van der Waals surface area contributed by atoms with Crippen molar-refractivity contribution in [1.29, 1.82) is 0 Å². The molecule has 1 aliphatic rings. The van der Waals surface area contributed by atoms with E-state index in [1.807, 2.05) is 47.7 Å². The minimum atomic E-state index is -0.158. The van der Waals surface area contributed by atoms with E-state index >= 15 is 0 Å². The molecule has 1 saturated heterocycles. The van der Waals surface area contributed by atoms with Crippen LogP contribution in [0.2, 0.25) is 5.02 Å². The number of hydrogen-bond donors (Lipinski definition) is 0. The highest BCUT2D eigenvalue weighted by Gasteiger charge is 2.25. The first-order chi connectivity index (χ1) is 11.1. The summed E-state index contributed by atoms with van der Waals surface area (Å²) in [4.78, 5) is 14.3. The molecule has 1 atom stereocenters. The average molecular weight is 351 g/mol. The van der Waals surface area contributed by atoms with Crippen LogP contribution in [0.25, 0.3) is 11.4 Å². The van der Waals surface area contributed by atoms with Gasteiger partial charge in [-0.3, -0.25) is 4.79 Å². The SMILES string of the molecule is CC(Sc1nnc(-c2ccc(Cl)cc2)n1C)C(=O)N1CCCC1. The minimum absolute atomic E-state index is 0.158. The fourth-order valence-corrected chi connectivity index (χ4v) is 3.70. The van der Waals surface area contributed by atoms with Gasteiger partial charge in [0.25, 0.3) is 0 Å². The first kappa shape index (κ1) is 16.3. The molecular weight excluding hydrogens is 332 g/mol. The van der Waals surface area contributed by atoms with E-state index in [-0.39, 0.29) is 11.2 Å². The second kappa shape index (κ2) is 6.93. The Bertz CT molecular complexity index is 695. The average Bonchev–Trinajstić information content (AvgIpc) is 3.19. The predicted octanol–water partition coefficient (Wildman–Crippen LogP) is 3.24. The van der Waals surface area contributed by atoms with E-state index in [1.165, 1.54) is 11.8 Å². The van der Waals surface area contributed by atoms with Crippen LogP contribution in [0.4, 0.5) is 0 Å². The molecule has 1 aromatic heterocycles. The van der Waals surface area contributed by atoms with Gasteiger partial charge in [-0.2, -0.15) is 0 Å². The van der Waals surface area contributed by atoms with Crippen LogP contribution in [-0.2, 0) is 11.8 Å². The highest BCUT2D eigenvalue weighted by Crippen LogP contribution is 2.27. The fourth-order valence-electron chi connectivity index (χ4n) is 2.67. The van der Waals surface area contributed by atoms with Gasteiger partial charge in [-0.1, -0.05) is 23.4 Å². The largest absolute Gasteiger partial charge is 0.342 e. The maximum absolute atomic E-state index is 12.4. The summed E-state index contributed by atoms with van der Waals surface area (Å²) in [6.45, 7) is 3.68. The van der Waals surface area contributed by atoms with Crippen LogP contribution in [0.5, 0.6) is 0 Å². The van der Waals surface area contributed by atoms with E-state index in [4.69, 9.17) is 11.6 Å². The predicted molar refractivity (Wildman–Crippen MR) is 92.6 cm³/mol. The fraction of sp³-hybridized carbons (Fsp3) is 0.438. The van der Waals surface area contributed by atoms with Crippen molar-refractivity contribution < 1.29 is 4.79 Å². The third-order valence-corrected chi connectivity index (χ3v) is 5.36. The number of likely N-dealkylation sites (tertiary alicyclic amines) is 1. The van der Waals surface area contributed by atoms with Crippen molar-refractivity contribution in [3.63, 3.8) is 0 Å². The number of thioether (sulfide) groups is 1. The molecule has 2 heterocycles. The Kier molecular flexibility index (Phi) is 4.92. The Labute approximate surface area is 145 Å². The van der Waals surface area contributed by atoms with Gasteiger partial charge in [-0.15, -0.1) is 10.2 Å². The lowest BCUT2D eigenvalue weighted by atomic mass is 10.2. The summed E-state index contributed by atoms with van der Waals surface area (Å²) in [6, 6.07) is 7.50. The lowest BCUT2D eigenvalue weighted by molar-refractivity contribution is -0.129. The molecule has 0 N–H and O–H groups in total. The molecule has 1 unspecified atom stereocenters. The van der Waals surface area contributed by atoms with E-state index < -0.39 is 0 Å². The van der Waals surface area contributed by atoms with Crippen molar-refractivity contribution >= 4 is 29.3 Å². The van der Waals surface area contributed by atoms with Gasteiger partial charge in [-0.25, -0.2) is 0 Å². The molecule has 2 aromatic rings. The zero-order chi connectivity index (χ0) is 16.4. The molecule has 1 amide bonds. The van der Waals surface area contributed by atoms with E-state index in [0.717, 1.165) is 42.5 Å². The number of carbonyl (C=O) groups is 1. The molecule has 0 aliphatic carbocycles. The number of benzene rings is 1. The number of aromatic nitrogens is 3. The van der Waals surface area contributed by atoms with Crippen LogP contribution >= 0.6 is 23.4 Å². The molecule has 0 radical (unpaired) electrons. The van der Waals surface area contributed by atoms with Crippen molar-refractivity contribution in [2.75, 3.05) is 13.1 Å². The summed E-state index contributed by atoms with van der Waals surface area (Å²) in [6.07, 6.45) is 2.21. The maximum Gasteiger partial charge on any atom is 0.235 e. The van der Waals surface area contributed by atoms with Gasteiger partial charge in [0.05, 0.1) is 5.25 Å². The monoisotopic (exact) mass is 350 g/mol. The van der Waals surface area contributed by atoms with E-state index in [1.54, 1.807) is 0 Å². The first-order valence-corrected chi connectivity index (χ1v) is 8.93. The highest BCUT2D eigenvalue weighted by molar-refractivity contribution is 8.00. The van der Waals surface area contributed by atoms with Crippen molar-refractivity contribution in [3.8, 4) is 11.4 Å². The maximum atomic E-state index is 12.4. The quantitative estimate of drug-likeness (QED) is 0.794. The van der Waals surface area contributed by atoms with Gasteiger partial charge in [0.1, 0.15) is 0 Å². The smallest absolute Gasteiger partial charge is 0.235 e. The summed E-state index contributed by atoms with van der Waals surface area (Å²) >= 11 is 7.38. The minimum Gasteiger partial charge on any atom is -0.342 e. The van der Waals surface area contributed by atoms with Crippen LogP contribution in [0, 0.1) is 0 Å². The molecule has 122 valence electrons. The number of hydrogen-bond acceptors (Lipinski definition) is 4. The summed E-state index contributed by atoms with van der Waals surface area (Å²) in [5.74, 6) is 0.952. The van der Waals surface area contributed by atoms with Gasteiger partial charge < -0.3 is 9.47 Å². The van der Waals surface area contributed by atoms with E-state index in [0.29, 0.717) is 5.02 Å². The van der Waals surface area contributed by atoms with Gasteiger partial charge >= 0.3 is 0 Å². The Morgan fingerprint density at radius 3 is 2.52 bits per heavy atom. The van der Waals surface area contributed by atoms with Gasteiger partial charge in [0.15, 0.2) is 11.0 Å². The molecular formula is C16H19ClN4OS. The standard InChI is InChI=1S/C16H19ClN4OS/c1-11(15(22)21-9-3-4-10-21)23-16-19-18-14(20(16)2)12-5-7-13(17)8-6-12/h5-8,11H,3-4,9-10H2,1-2H3. The first-order valence-electron chi connectivity index (χ1n) is 7.67. The summed E-state index contributed by atoms with van der Waals surface area (Å²) in [7, 11) is 1.92. The van der Waals surface area contributed by atoms with Crippen molar-refractivity contribution in [3.05, 3.63) is 29.3 Å². The summed E-state index contributed by atoms with van der Waals surface area (Å²) in [5.41, 5.74) is 0.953. The molecule has 1 fully saturated rings. The van der Waals surface area contributed by atoms with Gasteiger partial charge in [0.2, 0.25) is 5.91 Å². The Morgan fingerprint density at radius 1 is 1.22 bits per heavy atom. The Balaban J connectivity index is 1.74. The van der Waals surface area contributed by atoms with Crippen molar-refractivity contribution in [1.82, 2.24) is 19.7 Å². The topological polar surface area (TPSA) is 51.0 Å². The Hall–Kier alpha value is -1.53. The molecule has 23 heavy (non-hydrogen) atoms. The number of amides is 1. The zero-order valence-corrected chi connectivity index (χ0v) is 14.8. The van der Waals surface area contributed by atoms with Crippen LogP contribution in [0.15, 0.2) is 29.4 Å². The lowest BCUT2D eigenvalue weighted by Crippen LogP contribution is -2.34. The molecule has 0 bridgehead atoms. The Morgan fingerprint density at radius 2 is 1.87 bits per heavy atom. The third-order valence-electron chi connectivity index (χ3n) is 3.99. The molecule has 0 spiro atoms. The molecule has 5 nitrogen and oxygen atoms in total. The zero-order valence-electron chi connectivity index (χ0n) is 13.2. The normalized spacial score (nSPS) is 15.9. The second-order valence-corrected chi connectivity index (χ2v) is 7.41. The van der Waals surface area contributed by atoms with Crippen LogP contribution in [0.1, 0.15) is 19.8 Å². The molecule has 7 heteroatoms. The number of rotatable bonds is 4. The van der Waals surface area contributed by atoms with Crippen LogP contribution in [-0.4, -0.2) is 43.9 Å². The molecule has 1 aliphatic heterocycles.